The molecule has 7 nitrogen and oxygen atoms in total. The lowest BCUT2D eigenvalue weighted by atomic mass is 10.2. The van der Waals surface area contributed by atoms with E-state index in [9.17, 15) is 14.0 Å². The summed E-state index contributed by atoms with van der Waals surface area (Å²) >= 11 is 1.33. The van der Waals surface area contributed by atoms with Crippen LogP contribution in [0.15, 0.2) is 60.0 Å². The second-order valence-electron chi connectivity index (χ2n) is 8.77. The van der Waals surface area contributed by atoms with Crippen LogP contribution in [0.5, 0.6) is 0 Å². The van der Waals surface area contributed by atoms with E-state index in [0.29, 0.717) is 23.8 Å². The molecule has 2 aromatic carbocycles. The standard InChI is InChI=1S/C26H32FN5O2S/c1-19(2)32(26(34)29-22-13-9-8-12-21(22)27)17-24-28-23(18-35-24)25(33)31(15-14-30(3)4)16-20-10-6-5-7-11-20/h5-13,18-19H,14-17H2,1-4H3,(H,29,34). The van der Waals surface area contributed by atoms with E-state index >= 15 is 0 Å². The summed E-state index contributed by atoms with van der Waals surface area (Å²) < 4.78 is 14.0. The molecule has 0 fully saturated rings. The quantitative estimate of drug-likeness (QED) is 0.431. The Labute approximate surface area is 210 Å². The minimum atomic E-state index is -0.497. The van der Waals surface area contributed by atoms with E-state index in [4.69, 9.17) is 0 Å². The van der Waals surface area contributed by atoms with E-state index in [1.807, 2.05) is 63.2 Å². The van der Waals surface area contributed by atoms with Crippen LogP contribution in [0, 0.1) is 5.82 Å². The van der Waals surface area contributed by atoms with Crippen molar-refractivity contribution in [3.05, 3.63) is 82.1 Å². The molecule has 0 radical (unpaired) electrons. The minimum absolute atomic E-state index is 0.121. The largest absolute Gasteiger partial charge is 0.332 e. The van der Waals surface area contributed by atoms with E-state index in [1.165, 1.54) is 23.5 Å². The van der Waals surface area contributed by atoms with Gasteiger partial charge in [0, 0.05) is 31.1 Å². The number of carbonyl (C=O) groups is 2. The highest BCUT2D eigenvalue weighted by atomic mass is 32.1. The Hall–Kier alpha value is -3.30. The van der Waals surface area contributed by atoms with Crippen LogP contribution in [-0.4, -0.2) is 64.8 Å². The summed E-state index contributed by atoms with van der Waals surface area (Å²) in [5.74, 6) is -0.645. The van der Waals surface area contributed by atoms with Crippen LogP contribution in [0.25, 0.3) is 0 Å². The number of rotatable bonds is 10. The lowest BCUT2D eigenvalue weighted by Crippen LogP contribution is -2.39. The van der Waals surface area contributed by atoms with E-state index in [2.05, 4.69) is 10.3 Å². The monoisotopic (exact) mass is 497 g/mol. The maximum Gasteiger partial charge on any atom is 0.322 e. The summed E-state index contributed by atoms with van der Waals surface area (Å²) in [4.78, 5) is 36.1. The normalized spacial score (nSPS) is 11.1. The molecule has 0 saturated carbocycles. The number of carbonyl (C=O) groups excluding carboxylic acids is 2. The third-order valence-electron chi connectivity index (χ3n) is 5.40. The number of benzene rings is 2. The molecule has 1 heterocycles. The van der Waals surface area contributed by atoms with Crippen molar-refractivity contribution in [3.8, 4) is 0 Å². The van der Waals surface area contributed by atoms with Crippen molar-refractivity contribution in [2.24, 2.45) is 0 Å². The molecule has 35 heavy (non-hydrogen) atoms. The Morgan fingerprint density at radius 1 is 1.00 bits per heavy atom. The van der Waals surface area contributed by atoms with Gasteiger partial charge in [-0.05, 0) is 45.6 Å². The molecule has 0 unspecified atom stereocenters. The first kappa shape index (κ1) is 26.3. The molecule has 3 amide bonds. The zero-order valence-electron chi connectivity index (χ0n) is 20.6. The third-order valence-corrected chi connectivity index (χ3v) is 6.23. The Morgan fingerprint density at radius 2 is 1.69 bits per heavy atom. The number of nitrogens with one attached hydrogen (secondary N) is 1. The summed E-state index contributed by atoms with van der Waals surface area (Å²) in [6.07, 6.45) is 0. The predicted octanol–water partition coefficient (Wildman–Crippen LogP) is 4.93. The second kappa shape index (κ2) is 12.4. The highest BCUT2D eigenvalue weighted by molar-refractivity contribution is 7.09. The van der Waals surface area contributed by atoms with Gasteiger partial charge in [-0.15, -0.1) is 11.3 Å². The van der Waals surface area contributed by atoms with E-state index in [1.54, 1.807) is 27.3 Å². The van der Waals surface area contributed by atoms with Crippen LogP contribution < -0.4 is 5.32 Å². The maximum atomic E-state index is 14.0. The Bertz CT molecular complexity index is 1120. The van der Waals surface area contributed by atoms with Crippen LogP contribution in [0.1, 0.15) is 34.9 Å². The molecule has 0 aliphatic rings. The van der Waals surface area contributed by atoms with Crippen molar-refractivity contribution in [1.82, 2.24) is 19.7 Å². The number of thiazole rings is 1. The average Bonchev–Trinajstić information content (AvgIpc) is 3.30. The number of amides is 3. The van der Waals surface area contributed by atoms with Gasteiger partial charge in [-0.1, -0.05) is 42.5 Å². The van der Waals surface area contributed by atoms with Crippen molar-refractivity contribution in [1.29, 1.82) is 0 Å². The van der Waals surface area contributed by atoms with Gasteiger partial charge in [0.1, 0.15) is 16.5 Å². The van der Waals surface area contributed by atoms with Gasteiger partial charge in [-0.2, -0.15) is 0 Å². The van der Waals surface area contributed by atoms with Gasteiger partial charge in [0.25, 0.3) is 5.91 Å². The van der Waals surface area contributed by atoms with Crippen LogP contribution in [0.2, 0.25) is 0 Å². The molecule has 1 N–H and O–H groups in total. The Morgan fingerprint density at radius 3 is 2.34 bits per heavy atom. The summed E-state index contributed by atoms with van der Waals surface area (Å²) in [7, 11) is 3.94. The number of urea groups is 1. The van der Waals surface area contributed by atoms with Crippen molar-refractivity contribution in [3.63, 3.8) is 0 Å². The van der Waals surface area contributed by atoms with Gasteiger partial charge in [-0.25, -0.2) is 14.2 Å². The van der Waals surface area contributed by atoms with Gasteiger partial charge >= 0.3 is 6.03 Å². The smallest absolute Gasteiger partial charge is 0.322 e. The van der Waals surface area contributed by atoms with E-state index < -0.39 is 11.8 Å². The zero-order valence-corrected chi connectivity index (χ0v) is 21.4. The van der Waals surface area contributed by atoms with E-state index in [-0.39, 0.29) is 24.2 Å². The summed E-state index contributed by atoms with van der Waals surface area (Å²) in [6, 6.07) is 15.3. The van der Waals surface area contributed by atoms with Crippen molar-refractivity contribution in [2.75, 3.05) is 32.5 Å². The summed E-state index contributed by atoms with van der Waals surface area (Å²) in [6.45, 7) is 5.76. The lowest BCUT2D eigenvalue weighted by molar-refractivity contribution is 0.0726. The van der Waals surface area contributed by atoms with Crippen LogP contribution >= 0.6 is 11.3 Å². The van der Waals surface area contributed by atoms with Gasteiger partial charge < -0.3 is 20.0 Å². The van der Waals surface area contributed by atoms with Crippen LogP contribution in [0.4, 0.5) is 14.9 Å². The fourth-order valence-corrected chi connectivity index (χ4v) is 4.17. The molecule has 3 aromatic rings. The molecular weight excluding hydrogens is 465 g/mol. The molecule has 9 heteroatoms. The van der Waals surface area contributed by atoms with Crippen molar-refractivity contribution < 1.29 is 14.0 Å². The molecule has 0 aliphatic carbocycles. The van der Waals surface area contributed by atoms with Gasteiger partial charge in [0.2, 0.25) is 0 Å². The number of aromatic nitrogens is 1. The second-order valence-corrected chi connectivity index (χ2v) is 9.72. The SMILES string of the molecule is CC(C)N(Cc1nc(C(=O)N(CCN(C)C)Cc2ccccc2)cs1)C(=O)Nc1ccccc1F. The molecular formula is C26H32FN5O2S. The van der Waals surface area contributed by atoms with Gasteiger partial charge in [-0.3, -0.25) is 4.79 Å². The number of halogens is 1. The fraction of sp³-hybridized carbons (Fsp3) is 0.346. The number of hydrogen-bond donors (Lipinski definition) is 1. The minimum Gasteiger partial charge on any atom is -0.332 e. The number of anilines is 1. The molecule has 0 saturated heterocycles. The summed E-state index contributed by atoms with van der Waals surface area (Å²) in [5.41, 5.74) is 1.53. The fourth-order valence-electron chi connectivity index (χ4n) is 3.40. The molecule has 186 valence electrons. The molecule has 0 atom stereocenters. The first-order chi connectivity index (χ1) is 16.7. The van der Waals surface area contributed by atoms with Crippen LogP contribution in [0.3, 0.4) is 0 Å². The molecule has 0 spiro atoms. The number of likely N-dealkylation sites (N-methyl/N-ethyl adjacent to an activating group) is 1. The topological polar surface area (TPSA) is 68.8 Å². The maximum absolute atomic E-state index is 14.0. The number of hydrogen-bond acceptors (Lipinski definition) is 5. The van der Waals surface area contributed by atoms with Gasteiger partial charge in [0.05, 0.1) is 12.2 Å². The number of nitrogens with zero attached hydrogens (tertiary/aromatic N) is 4. The third kappa shape index (κ3) is 7.60. The van der Waals surface area contributed by atoms with E-state index in [0.717, 1.165) is 12.1 Å². The lowest BCUT2D eigenvalue weighted by Gasteiger charge is -2.26. The van der Waals surface area contributed by atoms with Crippen molar-refractivity contribution >= 4 is 29.0 Å². The Kier molecular flexibility index (Phi) is 9.33. The molecule has 0 bridgehead atoms. The first-order valence-electron chi connectivity index (χ1n) is 11.5. The highest BCUT2D eigenvalue weighted by Crippen LogP contribution is 2.19. The summed E-state index contributed by atoms with van der Waals surface area (Å²) in [5, 5.41) is 5.00. The Balaban J connectivity index is 1.72. The molecule has 1 aromatic heterocycles. The molecule has 3 rings (SSSR count). The predicted molar refractivity (Wildman–Crippen MR) is 138 cm³/mol. The van der Waals surface area contributed by atoms with Gasteiger partial charge in [0.15, 0.2) is 0 Å². The van der Waals surface area contributed by atoms with Crippen molar-refractivity contribution in [2.45, 2.75) is 33.0 Å². The highest BCUT2D eigenvalue weighted by Gasteiger charge is 2.23. The first-order valence-corrected chi connectivity index (χ1v) is 12.4. The average molecular weight is 498 g/mol. The van der Waals surface area contributed by atoms with Crippen LogP contribution in [-0.2, 0) is 13.1 Å². The molecule has 0 aliphatic heterocycles. The number of para-hydroxylation sites is 1. The zero-order chi connectivity index (χ0) is 25.4.